The van der Waals surface area contributed by atoms with Gasteiger partial charge >= 0.3 is 0 Å². The Morgan fingerprint density at radius 2 is 1.93 bits per heavy atom. The lowest BCUT2D eigenvalue weighted by molar-refractivity contribution is 0.281. The third kappa shape index (κ3) is 1.43. The summed E-state index contributed by atoms with van der Waals surface area (Å²) in [5.74, 6) is 2.26. The van der Waals surface area contributed by atoms with E-state index in [0.29, 0.717) is 11.4 Å². The van der Waals surface area contributed by atoms with E-state index in [1.54, 1.807) is 0 Å². The number of nitrogens with two attached hydrogens (primary N) is 1. The van der Waals surface area contributed by atoms with Crippen LogP contribution in [0.15, 0.2) is 0 Å². The fourth-order valence-corrected chi connectivity index (χ4v) is 3.13. The number of hydrogen-bond donors (Lipinski definition) is 2. The lowest BCUT2D eigenvalue weighted by atomic mass is 9.77. The second-order valence-corrected chi connectivity index (χ2v) is 5.03. The molecule has 0 saturated heterocycles. The summed E-state index contributed by atoms with van der Waals surface area (Å²) >= 11 is 0. The van der Waals surface area contributed by atoms with Crippen molar-refractivity contribution < 1.29 is 0 Å². The molecule has 0 aromatic carbocycles. The Labute approximate surface area is 89.7 Å². The molecule has 2 aliphatic rings. The zero-order valence-electron chi connectivity index (χ0n) is 9.00. The van der Waals surface area contributed by atoms with Crippen molar-refractivity contribution >= 4 is 5.95 Å². The van der Waals surface area contributed by atoms with Crippen molar-refractivity contribution in [3.05, 3.63) is 5.82 Å². The highest BCUT2D eigenvalue weighted by Crippen LogP contribution is 2.56. The summed E-state index contributed by atoms with van der Waals surface area (Å²) in [5.41, 5.74) is 5.90. The maximum Gasteiger partial charge on any atom is 0.239 e. The van der Waals surface area contributed by atoms with Crippen LogP contribution in [0.2, 0.25) is 0 Å². The van der Waals surface area contributed by atoms with E-state index in [4.69, 9.17) is 5.73 Å². The van der Waals surface area contributed by atoms with Crippen LogP contribution < -0.4 is 5.73 Å². The third-order valence-corrected chi connectivity index (χ3v) is 4.15. The van der Waals surface area contributed by atoms with E-state index in [9.17, 15) is 0 Å². The molecule has 0 spiro atoms. The molecule has 3 N–H and O–H groups in total. The zero-order valence-corrected chi connectivity index (χ0v) is 9.00. The van der Waals surface area contributed by atoms with E-state index in [-0.39, 0.29) is 0 Å². The molecular weight excluding hydrogens is 188 g/mol. The second kappa shape index (κ2) is 3.22. The number of nitrogens with zero attached hydrogens (tertiary/aromatic N) is 2. The highest BCUT2D eigenvalue weighted by Gasteiger charge is 2.52. The van der Waals surface area contributed by atoms with Gasteiger partial charge in [0.05, 0.1) is 0 Å². The zero-order chi connectivity index (χ0) is 10.3. The number of H-pyrrole nitrogens is 1. The quantitative estimate of drug-likeness (QED) is 0.777. The highest BCUT2D eigenvalue weighted by atomic mass is 15.3. The van der Waals surface area contributed by atoms with Gasteiger partial charge < -0.3 is 5.73 Å². The predicted molar refractivity (Wildman–Crippen MR) is 58.3 cm³/mol. The van der Waals surface area contributed by atoms with Gasteiger partial charge in [-0.1, -0.05) is 19.3 Å². The standard InChI is InChI=1S/C11H18N4/c12-10-13-9(14-15-10)11(6-7-11)8-4-2-1-3-5-8/h8H,1-7H2,(H3,12,13,14,15). The first kappa shape index (κ1) is 9.19. The fraction of sp³-hybridized carbons (Fsp3) is 0.818. The molecule has 0 bridgehead atoms. The molecule has 0 radical (unpaired) electrons. The molecule has 2 fully saturated rings. The second-order valence-electron chi connectivity index (χ2n) is 5.03. The number of anilines is 1. The Morgan fingerprint density at radius 3 is 2.47 bits per heavy atom. The average Bonchev–Trinajstić information content (AvgIpc) is 2.98. The van der Waals surface area contributed by atoms with Crippen LogP contribution in [0.25, 0.3) is 0 Å². The summed E-state index contributed by atoms with van der Waals surface area (Å²) in [4.78, 5) is 4.33. The van der Waals surface area contributed by atoms with Crippen LogP contribution in [0.5, 0.6) is 0 Å². The smallest absolute Gasteiger partial charge is 0.239 e. The summed E-state index contributed by atoms with van der Waals surface area (Å²) in [6.07, 6.45) is 9.44. The van der Waals surface area contributed by atoms with Crippen LogP contribution in [0.3, 0.4) is 0 Å². The van der Waals surface area contributed by atoms with Gasteiger partial charge in [0.1, 0.15) is 5.82 Å². The minimum atomic E-state index is 0.324. The van der Waals surface area contributed by atoms with Crippen molar-refractivity contribution in [3.63, 3.8) is 0 Å². The molecule has 4 nitrogen and oxygen atoms in total. The van der Waals surface area contributed by atoms with Crippen LogP contribution in [-0.2, 0) is 5.41 Å². The molecule has 1 aromatic rings. The molecule has 4 heteroatoms. The molecule has 1 aromatic heterocycles. The number of aromatic nitrogens is 3. The van der Waals surface area contributed by atoms with Gasteiger partial charge in [0.2, 0.25) is 5.95 Å². The van der Waals surface area contributed by atoms with E-state index >= 15 is 0 Å². The van der Waals surface area contributed by atoms with Gasteiger partial charge in [-0.05, 0) is 31.6 Å². The summed E-state index contributed by atoms with van der Waals surface area (Å²) in [6, 6.07) is 0. The average molecular weight is 206 g/mol. The minimum absolute atomic E-state index is 0.324. The normalized spacial score (nSPS) is 25.3. The summed E-state index contributed by atoms with van der Waals surface area (Å²) in [7, 11) is 0. The van der Waals surface area contributed by atoms with Crippen molar-refractivity contribution in [3.8, 4) is 0 Å². The highest BCUT2D eigenvalue weighted by molar-refractivity contribution is 5.25. The third-order valence-electron chi connectivity index (χ3n) is 4.15. The maximum atomic E-state index is 5.58. The Balaban J connectivity index is 1.83. The largest absolute Gasteiger partial charge is 0.367 e. The van der Waals surface area contributed by atoms with Crippen LogP contribution in [0.4, 0.5) is 5.95 Å². The van der Waals surface area contributed by atoms with Crippen molar-refractivity contribution in [1.82, 2.24) is 15.2 Å². The van der Waals surface area contributed by atoms with Crippen molar-refractivity contribution in [2.24, 2.45) is 5.92 Å². The molecule has 82 valence electrons. The number of nitrogens with one attached hydrogen (secondary N) is 1. The van der Waals surface area contributed by atoms with Gasteiger partial charge in [-0.3, -0.25) is 5.10 Å². The molecule has 0 atom stereocenters. The lowest BCUT2D eigenvalue weighted by Crippen LogP contribution is -2.24. The number of hydrogen-bond acceptors (Lipinski definition) is 3. The predicted octanol–water partition coefficient (Wildman–Crippen LogP) is 2.00. The molecular formula is C11H18N4. The van der Waals surface area contributed by atoms with Crippen LogP contribution >= 0.6 is 0 Å². The number of rotatable bonds is 2. The molecule has 0 amide bonds. The minimum Gasteiger partial charge on any atom is -0.367 e. The Bertz CT molecular complexity index is 347. The van der Waals surface area contributed by atoms with Gasteiger partial charge in [-0.2, -0.15) is 4.98 Å². The van der Waals surface area contributed by atoms with E-state index in [1.807, 2.05) is 0 Å². The molecule has 0 unspecified atom stereocenters. The summed E-state index contributed by atoms with van der Waals surface area (Å²) in [5, 5.41) is 6.98. The van der Waals surface area contributed by atoms with E-state index in [1.165, 1.54) is 44.9 Å². The maximum absolute atomic E-state index is 5.58. The van der Waals surface area contributed by atoms with E-state index < -0.39 is 0 Å². The van der Waals surface area contributed by atoms with Gasteiger partial charge in [-0.15, -0.1) is 5.10 Å². The monoisotopic (exact) mass is 206 g/mol. The number of nitrogen functional groups attached to an aromatic ring is 1. The van der Waals surface area contributed by atoms with Gasteiger partial charge in [-0.25, -0.2) is 0 Å². The molecule has 0 aliphatic heterocycles. The van der Waals surface area contributed by atoms with Crippen molar-refractivity contribution in [1.29, 1.82) is 0 Å². The van der Waals surface area contributed by atoms with Gasteiger partial charge in [0.15, 0.2) is 0 Å². The molecule has 3 rings (SSSR count). The van der Waals surface area contributed by atoms with E-state index in [0.717, 1.165) is 11.7 Å². The molecule has 1 heterocycles. The Hall–Kier alpha value is -1.06. The Kier molecular flexibility index (Phi) is 1.97. The SMILES string of the molecule is Nc1n[nH]c(C2(C3CCCCC3)CC2)n1. The lowest BCUT2D eigenvalue weighted by Gasteiger charge is -2.28. The first-order chi connectivity index (χ1) is 7.31. The van der Waals surface area contributed by atoms with Crippen LogP contribution in [0, 0.1) is 5.92 Å². The summed E-state index contributed by atoms with van der Waals surface area (Å²) < 4.78 is 0. The topological polar surface area (TPSA) is 67.6 Å². The van der Waals surface area contributed by atoms with Gasteiger partial charge in [0.25, 0.3) is 0 Å². The van der Waals surface area contributed by atoms with Gasteiger partial charge in [0, 0.05) is 5.41 Å². The molecule has 2 saturated carbocycles. The first-order valence-electron chi connectivity index (χ1n) is 6.00. The Morgan fingerprint density at radius 1 is 1.20 bits per heavy atom. The summed E-state index contributed by atoms with van der Waals surface area (Å²) in [6.45, 7) is 0. The molecule has 15 heavy (non-hydrogen) atoms. The van der Waals surface area contributed by atoms with Crippen molar-refractivity contribution in [2.45, 2.75) is 50.4 Å². The van der Waals surface area contributed by atoms with E-state index in [2.05, 4.69) is 15.2 Å². The number of aromatic amines is 1. The van der Waals surface area contributed by atoms with Crippen molar-refractivity contribution in [2.75, 3.05) is 5.73 Å². The fourth-order valence-electron chi connectivity index (χ4n) is 3.13. The van der Waals surface area contributed by atoms with Crippen LogP contribution in [0.1, 0.15) is 50.8 Å². The van der Waals surface area contributed by atoms with Crippen LogP contribution in [-0.4, -0.2) is 15.2 Å². The first-order valence-corrected chi connectivity index (χ1v) is 6.00. The molecule has 2 aliphatic carbocycles.